The quantitative estimate of drug-likeness (QED) is 0.145. The molecule has 0 saturated heterocycles. The fourth-order valence-corrected chi connectivity index (χ4v) is 10.6. The molecule has 8 aromatic carbocycles. The molecule has 2 atom stereocenters. The Kier molecular flexibility index (Phi) is 9.37. The molecule has 0 fully saturated rings. The molecule has 2 aromatic heterocycles. The third-order valence-corrected chi connectivity index (χ3v) is 13.8. The minimum Gasteiger partial charge on any atom is -0.313 e. The first kappa shape index (κ1) is 37.4. The molecule has 10 aromatic rings. The summed E-state index contributed by atoms with van der Waals surface area (Å²) in [4.78, 5) is 0. The van der Waals surface area contributed by atoms with Crippen LogP contribution in [0.5, 0.6) is 0 Å². The Bertz CT molecular complexity index is 3330. The summed E-state index contributed by atoms with van der Waals surface area (Å²) in [6.45, 7) is 0. The monoisotopic (exact) mass is 808 g/mol. The standard InChI is InChI=1S/C61H48N2/c1-5-13-44(14-6-1)48-25-33-58-54(38-48)55-39-49(45-15-7-2-8-16-45)26-34-59(55)62(58)52-29-21-42(22-30-52)37-43-23-31-53(32-24-43)63-60-35-27-50(46-17-9-3-10-18-46)40-56(60)57-41-51(28-36-61(57)63)47-19-11-4-12-20-47/h1-19,21-25,27-33,35-36,38,40-41,47,49H,20,26,34,37,39H2. The van der Waals surface area contributed by atoms with Crippen molar-refractivity contribution in [3.05, 3.63) is 252 Å². The van der Waals surface area contributed by atoms with Gasteiger partial charge in [-0.1, -0.05) is 158 Å². The van der Waals surface area contributed by atoms with Gasteiger partial charge < -0.3 is 9.13 Å². The van der Waals surface area contributed by atoms with E-state index in [4.69, 9.17) is 0 Å². The van der Waals surface area contributed by atoms with E-state index < -0.39 is 0 Å². The maximum atomic E-state index is 2.56. The Balaban J connectivity index is 0.861. The molecule has 0 spiro atoms. The number of hydrogen-bond acceptors (Lipinski definition) is 0. The number of rotatable bonds is 8. The van der Waals surface area contributed by atoms with Gasteiger partial charge in [0.25, 0.3) is 0 Å². The molecule has 2 aliphatic rings. The van der Waals surface area contributed by atoms with Crippen LogP contribution in [0.1, 0.15) is 58.2 Å². The SMILES string of the molecule is C1=CCC(c2ccc3c(c2)c2cc(-c4ccccc4)ccc2n3-c2ccc(Cc3ccc(-n4c5c(c6cc(-c7ccccc7)ccc64)CC(c4ccccc4)CC5)cc3)cc2)C=C1. The van der Waals surface area contributed by atoms with Crippen LogP contribution in [0.15, 0.2) is 218 Å². The van der Waals surface area contributed by atoms with Crippen LogP contribution in [0.4, 0.5) is 0 Å². The molecule has 0 saturated carbocycles. The van der Waals surface area contributed by atoms with Gasteiger partial charge in [0.1, 0.15) is 0 Å². The molecule has 2 nitrogen and oxygen atoms in total. The maximum Gasteiger partial charge on any atom is 0.0541 e. The van der Waals surface area contributed by atoms with Crippen molar-refractivity contribution < 1.29 is 0 Å². The van der Waals surface area contributed by atoms with E-state index in [2.05, 4.69) is 228 Å². The zero-order valence-corrected chi connectivity index (χ0v) is 35.4. The molecule has 0 bridgehead atoms. The van der Waals surface area contributed by atoms with Gasteiger partial charge >= 0.3 is 0 Å². The summed E-state index contributed by atoms with van der Waals surface area (Å²) in [6, 6.07) is 72.5. The molecule has 0 radical (unpaired) electrons. The Morgan fingerprint density at radius 2 is 1.00 bits per heavy atom. The second kappa shape index (κ2) is 15.8. The normalized spacial score (nSPS) is 15.9. The lowest BCUT2D eigenvalue weighted by atomic mass is 9.82. The molecule has 2 aliphatic carbocycles. The Labute approximate surface area is 369 Å². The summed E-state index contributed by atoms with van der Waals surface area (Å²) in [6.07, 6.45) is 14.2. The lowest BCUT2D eigenvalue weighted by Crippen LogP contribution is -2.14. The van der Waals surface area contributed by atoms with Crippen molar-refractivity contribution in [2.45, 2.75) is 43.9 Å². The molecule has 2 heterocycles. The van der Waals surface area contributed by atoms with Crippen LogP contribution >= 0.6 is 0 Å². The highest BCUT2D eigenvalue weighted by molar-refractivity contribution is 6.10. The maximum absolute atomic E-state index is 2.56. The number of nitrogens with zero attached hydrogens (tertiary/aromatic N) is 2. The van der Waals surface area contributed by atoms with Gasteiger partial charge in [0.2, 0.25) is 0 Å². The van der Waals surface area contributed by atoms with E-state index in [9.17, 15) is 0 Å². The van der Waals surface area contributed by atoms with Crippen molar-refractivity contribution in [2.24, 2.45) is 0 Å². The first-order valence-corrected chi connectivity index (χ1v) is 22.6. The molecule has 0 aliphatic heterocycles. The first-order valence-electron chi connectivity index (χ1n) is 22.6. The van der Waals surface area contributed by atoms with Gasteiger partial charge in [-0.2, -0.15) is 0 Å². The summed E-state index contributed by atoms with van der Waals surface area (Å²) in [5, 5.41) is 3.98. The van der Waals surface area contributed by atoms with Crippen molar-refractivity contribution in [1.29, 1.82) is 0 Å². The van der Waals surface area contributed by atoms with Crippen LogP contribution in [0, 0.1) is 0 Å². The van der Waals surface area contributed by atoms with Gasteiger partial charge in [0, 0.05) is 39.1 Å². The topological polar surface area (TPSA) is 9.86 Å². The summed E-state index contributed by atoms with van der Waals surface area (Å²) in [5.41, 5.74) is 19.6. The van der Waals surface area contributed by atoms with Crippen LogP contribution in [-0.2, 0) is 19.3 Å². The highest BCUT2D eigenvalue weighted by Crippen LogP contribution is 2.42. The average Bonchev–Trinajstić information content (AvgIpc) is 3.87. The van der Waals surface area contributed by atoms with Crippen LogP contribution in [0.2, 0.25) is 0 Å². The molecule has 0 N–H and O–H groups in total. The van der Waals surface area contributed by atoms with Gasteiger partial charge in [0.05, 0.1) is 16.6 Å². The molecular formula is C61H48N2. The zero-order chi connectivity index (χ0) is 41.7. The van der Waals surface area contributed by atoms with Crippen molar-refractivity contribution in [2.75, 3.05) is 0 Å². The van der Waals surface area contributed by atoms with Crippen molar-refractivity contribution in [1.82, 2.24) is 9.13 Å². The Morgan fingerprint density at radius 1 is 0.444 bits per heavy atom. The summed E-state index contributed by atoms with van der Waals surface area (Å²) in [5.74, 6) is 0.932. The Hall–Kier alpha value is -7.42. The third kappa shape index (κ3) is 6.84. The lowest BCUT2D eigenvalue weighted by molar-refractivity contribution is 0.575. The van der Waals surface area contributed by atoms with Gasteiger partial charge in [-0.15, -0.1) is 0 Å². The van der Waals surface area contributed by atoms with E-state index in [1.807, 2.05) is 0 Å². The predicted molar refractivity (Wildman–Crippen MR) is 265 cm³/mol. The zero-order valence-electron chi connectivity index (χ0n) is 35.4. The molecular weight excluding hydrogens is 761 g/mol. The van der Waals surface area contributed by atoms with E-state index in [-0.39, 0.29) is 0 Å². The highest BCUT2D eigenvalue weighted by Gasteiger charge is 2.27. The first-order chi connectivity index (χ1) is 31.2. The van der Waals surface area contributed by atoms with Crippen molar-refractivity contribution >= 4 is 32.7 Å². The number of fused-ring (bicyclic) bond motifs is 6. The van der Waals surface area contributed by atoms with E-state index in [0.717, 1.165) is 32.1 Å². The fraction of sp³-hybridized carbons (Fsp3) is 0.115. The predicted octanol–water partition coefficient (Wildman–Crippen LogP) is 15.5. The van der Waals surface area contributed by atoms with E-state index in [1.165, 1.54) is 99.8 Å². The van der Waals surface area contributed by atoms with Gasteiger partial charge in [-0.25, -0.2) is 0 Å². The summed E-state index contributed by atoms with van der Waals surface area (Å²) < 4.78 is 5.00. The number of allylic oxidation sites excluding steroid dienone is 4. The summed E-state index contributed by atoms with van der Waals surface area (Å²) >= 11 is 0. The number of benzene rings is 8. The molecule has 0 amide bonds. The molecule has 2 unspecified atom stereocenters. The Morgan fingerprint density at radius 3 is 1.62 bits per heavy atom. The van der Waals surface area contributed by atoms with Crippen molar-refractivity contribution in [3.8, 4) is 33.6 Å². The minimum atomic E-state index is 0.400. The summed E-state index contributed by atoms with van der Waals surface area (Å²) in [7, 11) is 0. The van der Waals surface area contributed by atoms with Gasteiger partial charge in [-0.05, 0) is 149 Å². The lowest BCUT2D eigenvalue weighted by Gasteiger charge is -2.24. The van der Waals surface area contributed by atoms with E-state index >= 15 is 0 Å². The van der Waals surface area contributed by atoms with Crippen LogP contribution in [0.25, 0.3) is 66.3 Å². The van der Waals surface area contributed by atoms with Gasteiger partial charge in [-0.3, -0.25) is 0 Å². The van der Waals surface area contributed by atoms with E-state index in [0.29, 0.717) is 11.8 Å². The van der Waals surface area contributed by atoms with Gasteiger partial charge in [0.15, 0.2) is 0 Å². The minimum absolute atomic E-state index is 0.400. The van der Waals surface area contributed by atoms with Crippen LogP contribution in [-0.4, -0.2) is 9.13 Å². The number of aromatic nitrogens is 2. The average molecular weight is 809 g/mol. The van der Waals surface area contributed by atoms with Crippen LogP contribution < -0.4 is 0 Å². The fourth-order valence-electron chi connectivity index (χ4n) is 10.6. The second-order valence-electron chi connectivity index (χ2n) is 17.6. The van der Waals surface area contributed by atoms with E-state index in [1.54, 1.807) is 0 Å². The largest absolute Gasteiger partial charge is 0.313 e. The second-order valence-corrected chi connectivity index (χ2v) is 17.6. The number of hydrogen-bond donors (Lipinski definition) is 0. The molecule has 63 heavy (non-hydrogen) atoms. The third-order valence-electron chi connectivity index (χ3n) is 13.8. The smallest absolute Gasteiger partial charge is 0.0541 e. The van der Waals surface area contributed by atoms with Crippen LogP contribution in [0.3, 0.4) is 0 Å². The van der Waals surface area contributed by atoms with Crippen molar-refractivity contribution in [3.63, 3.8) is 0 Å². The molecule has 2 heteroatoms. The molecule has 12 rings (SSSR count). The highest BCUT2D eigenvalue weighted by atomic mass is 15.0. The molecule has 302 valence electrons.